The number of halogens is 1. The number of aryl methyl sites for hydroxylation is 1. The number of allylic oxidation sites excluding steroid dienone is 1. The number of carbonyl (C=O) groups is 1. The molecular weight excluding hydrogens is 460 g/mol. The molecule has 0 bridgehead atoms. The largest absolute Gasteiger partial charge is 0.493 e. The standard InChI is InChI=1S/C26H25ClO5S/c1-4-32-23-14-9-20(15-24(23)31-3)16-25(26(28)21-10-12-22(27)13-11-21)33(29,30)17-19-7-5-18(2)6-8-19/h5-16H,4,17H2,1-3H3. The summed E-state index contributed by atoms with van der Waals surface area (Å²) in [6, 6.07) is 18.3. The van der Waals surface area contributed by atoms with Crippen molar-refractivity contribution in [3.05, 3.63) is 98.9 Å². The van der Waals surface area contributed by atoms with Crippen LogP contribution in [0.1, 0.15) is 34.0 Å². The molecule has 7 heteroatoms. The Morgan fingerprint density at radius 2 is 1.64 bits per heavy atom. The number of benzene rings is 3. The molecule has 0 spiro atoms. The van der Waals surface area contributed by atoms with Crippen molar-refractivity contribution >= 4 is 33.3 Å². The van der Waals surface area contributed by atoms with Crippen molar-refractivity contribution in [2.24, 2.45) is 0 Å². The maximum atomic E-state index is 13.4. The van der Waals surface area contributed by atoms with Crippen LogP contribution in [0.2, 0.25) is 5.02 Å². The van der Waals surface area contributed by atoms with Crippen LogP contribution in [0.3, 0.4) is 0 Å². The molecule has 0 unspecified atom stereocenters. The van der Waals surface area contributed by atoms with Gasteiger partial charge in [0.25, 0.3) is 0 Å². The van der Waals surface area contributed by atoms with E-state index in [1.807, 2.05) is 26.0 Å². The van der Waals surface area contributed by atoms with Crippen LogP contribution in [0.4, 0.5) is 0 Å². The molecule has 172 valence electrons. The molecule has 0 aliphatic carbocycles. The SMILES string of the molecule is CCOc1ccc(C=C(C(=O)c2ccc(Cl)cc2)S(=O)(=O)Cc2ccc(C)cc2)cc1OC. The number of carbonyl (C=O) groups excluding carboxylic acids is 1. The lowest BCUT2D eigenvalue weighted by Crippen LogP contribution is -2.16. The van der Waals surface area contributed by atoms with E-state index in [2.05, 4.69) is 0 Å². The molecule has 3 rings (SSSR count). The average Bonchev–Trinajstić information content (AvgIpc) is 2.79. The second-order valence-electron chi connectivity index (χ2n) is 7.43. The van der Waals surface area contributed by atoms with Crippen LogP contribution in [-0.2, 0) is 15.6 Å². The highest BCUT2D eigenvalue weighted by atomic mass is 35.5. The summed E-state index contributed by atoms with van der Waals surface area (Å²) in [4.78, 5) is 13.0. The summed E-state index contributed by atoms with van der Waals surface area (Å²) in [5.41, 5.74) is 2.35. The molecule has 0 saturated carbocycles. The Morgan fingerprint density at radius 1 is 0.970 bits per heavy atom. The van der Waals surface area contributed by atoms with Gasteiger partial charge >= 0.3 is 0 Å². The zero-order valence-electron chi connectivity index (χ0n) is 18.7. The fourth-order valence-corrected chi connectivity index (χ4v) is 4.85. The van der Waals surface area contributed by atoms with Crippen LogP contribution in [0.15, 0.2) is 71.6 Å². The molecule has 0 aromatic heterocycles. The zero-order chi connectivity index (χ0) is 24.0. The predicted octanol–water partition coefficient (Wildman–Crippen LogP) is 5.89. The van der Waals surface area contributed by atoms with E-state index in [4.69, 9.17) is 21.1 Å². The van der Waals surface area contributed by atoms with Crippen molar-refractivity contribution in [3.63, 3.8) is 0 Å². The second-order valence-corrected chi connectivity index (χ2v) is 9.83. The molecule has 0 heterocycles. The van der Waals surface area contributed by atoms with E-state index in [1.54, 1.807) is 42.5 Å². The first-order valence-corrected chi connectivity index (χ1v) is 12.4. The summed E-state index contributed by atoms with van der Waals surface area (Å²) in [6.45, 7) is 4.23. The van der Waals surface area contributed by atoms with Crippen molar-refractivity contribution < 1.29 is 22.7 Å². The summed E-state index contributed by atoms with van der Waals surface area (Å²) >= 11 is 5.94. The van der Waals surface area contributed by atoms with Gasteiger partial charge in [-0.15, -0.1) is 0 Å². The third kappa shape index (κ3) is 6.24. The smallest absolute Gasteiger partial charge is 0.204 e. The Labute approximate surface area is 199 Å². The summed E-state index contributed by atoms with van der Waals surface area (Å²) < 4.78 is 37.7. The van der Waals surface area contributed by atoms with E-state index in [0.29, 0.717) is 34.3 Å². The van der Waals surface area contributed by atoms with Gasteiger partial charge < -0.3 is 9.47 Å². The molecule has 3 aromatic rings. The van der Waals surface area contributed by atoms with E-state index in [0.717, 1.165) is 5.56 Å². The van der Waals surface area contributed by atoms with Crippen molar-refractivity contribution in [2.75, 3.05) is 13.7 Å². The minimum absolute atomic E-state index is 0.232. The minimum Gasteiger partial charge on any atom is -0.493 e. The molecule has 0 N–H and O–H groups in total. The molecular formula is C26H25ClO5S. The van der Waals surface area contributed by atoms with E-state index in [9.17, 15) is 13.2 Å². The number of hydrogen-bond donors (Lipinski definition) is 0. The fraction of sp³-hybridized carbons (Fsp3) is 0.192. The first-order chi connectivity index (χ1) is 15.7. The molecule has 3 aromatic carbocycles. The topological polar surface area (TPSA) is 69.7 Å². The van der Waals surface area contributed by atoms with E-state index < -0.39 is 15.6 Å². The number of Topliss-reactive ketones (excluding diaryl/α,β-unsaturated/α-hetero) is 1. The van der Waals surface area contributed by atoms with Gasteiger partial charge in [0.15, 0.2) is 21.3 Å². The maximum Gasteiger partial charge on any atom is 0.204 e. The Hall–Kier alpha value is -3.09. The summed E-state index contributed by atoms with van der Waals surface area (Å²) in [7, 11) is -2.48. The number of ether oxygens (including phenoxy) is 2. The van der Waals surface area contributed by atoms with E-state index in [1.165, 1.54) is 25.3 Å². The van der Waals surface area contributed by atoms with Gasteiger partial charge in [0.2, 0.25) is 5.78 Å². The van der Waals surface area contributed by atoms with Crippen LogP contribution < -0.4 is 9.47 Å². The quantitative estimate of drug-likeness (QED) is 0.279. The van der Waals surface area contributed by atoms with Gasteiger partial charge in [-0.3, -0.25) is 4.79 Å². The molecule has 33 heavy (non-hydrogen) atoms. The van der Waals surface area contributed by atoms with Crippen molar-refractivity contribution in [1.82, 2.24) is 0 Å². The fourth-order valence-electron chi connectivity index (χ4n) is 3.22. The van der Waals surface area contributed by atoms with Crippen molar-refractivity contribution in [3.8, 4) is 11.5 Å². The molecule has 0 radical (unpaired) electrons. The van der Waals surface area contributed by atoms with Gasteiger partial charge in [0.05, 0.1) is 19.5 Å². The van der Waals surface area contributed by atoms with E-state index >= 15 is 0 Å². The van der Waals surface area contributed by atoms with Crippen LogP contribution in [0.5, 0.6) is 11.5 Å². The first-order valence-electron chi connectivity index (χ1n) is 10.3. The lowest BCUT2D eigenvalue weighted by Gasteiger charge is -2.12. The van der Waals surface area contributed by atoms with Crippen LogP contribution >= 0.6 is 11.6 Å². The molecule has 0 aliphatic heterocycles. The van der Waals surface area contributed by atoms with Gasteiger partial charge in [-0.1, -0.05) is 47.5 Å². The number of ketones is 1. The summed E-state index contributed by atoms with van der Waals surface area (Å²) in [6.07, 6.45) is 1.37. The van der Waals surface area contributed by atoms with Gasteiger partial charge in [-0.2, -0.15) is 0 Å². The maximum absolute atomic E-state index is 13.4. The van der Waals surface area contributed by atoms with Gasteiger partial charge in [0, 0.05) is 10.6 Å². The number of sulfone groups is 1. The lowest BCUT2D eigenvalue weighted by molar-refractivity contribution is 0.104. The highest BCUT2D eigenvalue weighted by Gasteiger charge is 2.27. The van der Waals surface area contributed by atoms with Crippen molar-refractivity contribution in [1.29, 1.82) is 0 Å². The highest BCUT2D eigenvalue weighted by molar-refractivity contribution is 7.95. The number of hydrogen-bond acceptors (Lipinski definition) is 5. The zero-order valence-corrected chi connectivity index (χ0v) is 20.2. The van der Waals surface area contributed by atoms with Gasteiger partial charge in [0.1, 0.15) is 4.91 Å². The number of methoxy groups -OCH3 is 1. The highest BCUT2D eigenvalue weighted by Crippen LogP contribution is 2.30. The molecule has 0 fully saturated rings. The Kier molecular flexibility index (Phi) is 7.95. The predicted molar refractivity (Wildman–Crippen MR) is 132 cm³/mol. The Balaban J connectivity index is 2.09. The van der Waals surface area contributed by atoms with E-state index in [-0.39, 0.29) is 16.2 Å². The Bertz CT molecular complexity index is 1260. The third-order valence-electron chi connectivity index (χ3n) is 4.93. The van der Waals surface area contributed by atoms with Crippen LogP contribution in [-0.4, -0.2) is 27.9 Å². The van der Waals surface area contributed by atoms with Gasteiger partial charge in [-0.05, 0) is 67.4 Å². The lowest BCUT2D eigenvalue weighted by atomic mass is 10.1. The molecule has 0 atom stereocenters. The average molecular weight is 485 g/mol. The van der Waals surface area contributed by atoms with Crippen LogP contribution in [0.25, 0.3) is 6.08 Å². The second kappa shape index (κ2) is 10.7. The summed E-state index contributed by atoms with van der Waals surface area (Å²) in [5.74, 6) is 0.0729. The molecule has 0 saturated heterocycles. The minimum atomic E-state index is -3.98. The monoisotopic (exact) mass is 484 g/mol. The van der Waals surface area contributed by atoms with Crippen molar-refractivity contribution in [2.45, 2.75) is 19.6 Å². The number of rotatable bonds is 9. The normalized spacial score (nSPS) is 11.8. The Morgan fingerprint density at radius 3 is 2.24 bits per heavy atom. The molecule has 0 amide bonds. The molecule has 0 aliphatic rings. The van der Waals surface area contributed by atoms with Gasteiger partial charge in [-0.25, -0.2) is 8.42 Å². The summed E-state index contributed by atoms with van der Waals surface area (Å²) in [5, 5.41) is 0.454. The van der Waals surface area contributed by atoms with Crippen LogP contribution in [0, 0.1) is 6.92 Å². The molecule has 5 nitrogen and oxygen atoms in total. The first kappa shape index (κ1) is 24.6. The third-order valence-corrected chi connectivity index (χ3v) is 6.87.